The fourth-order valence-electron chi connectivity index (χ4n) is 7.41. The van der Waals surface area contributed by atoms with Crippen LogP contribution in [0.5, 0.6) is 11.5 Å². The number of esters is 1. The Morgan fingerprint density at radius 2 is 1.29 bits per heavy atom. The molecule has 5 rings (SSSR count). The van der Waals surface area contributed by atoms with Crippen molar-refractivity contribution in [3.8, 4) is 11.5 Å². The molecule has 4 aromatic rings. The average molecular weight is 827 g/mol. The van der Waals surface area contributed by atoms with E-state index in [1.54, 1.807) is 26.4 Å². The first kappa shape index (κ1) is 45.7. The number of rotatable bonds is 21. The Labute approximate surface area is 351 Å². The van der Waals surface area contributed by atoms with Crippen LogP contribution in [0.15, 0.2) is 109 Å². The second kappa shape index (κ2) is 22.3. The zero-order valence-electron chi connectivity index (χ0n) is 35.5. The Bertz CT molecular complexity index is 1840. The standard InChI is InChI=1S/C47H59N2O9P/c1-33(2)49(34(3)4)59(55-29-28-48-7)56-32-43-44(58-45(50)37-16-12-10-13-17-37)35(5)36(6)46(57-43)53-30-31-54-47(38-18-14-11-15-19-38,39-20-24-41(51-8)25-21-39)40-22-26-42(52-9)27-23-40/h10-27,33-36,43-44,46H,28-32H2,1-6,8-9H3. The Morgan fingerprint density at radius 1 is 0.746 bits per heavy atom. The zero-order valence-corrected chi connectivity index (χ0v) is 36.4. The summed E-state index contributed by atoms with van der Waals surface area (Å²) in [5, 5.41) is 0. The topological polar surface area (TPSA) is 98.5 Å². The summed E-state index contributed by atoms with van der Waals surface area (Å²) in [5.41, 5.74) is 2.22. The third-order valence-corrected chi connectivity index (χ3v) is 12.6. The average Bonchev–Trinajstić information content (AvgIpc) is 3.26. The minimum atomic E-state index is -1.57. The highest BCUT2D eigenvalue weighted by Gasteiger charge is 2.46. The molecular formula is C47H59N2O9P. The van der Waals surface area contributed by atoms with Crippen LogP contribution in [0.25, 0.3) is 4.85 Å². The third-order valence-electron chi connectivity index (χ3n) is 10.6. The number of methoxy groups -OCH3 is 2. The van der Waals surface area contributed by atoms with Gasteiger partial charge in [-0.3, -0.25) is 0 Å². The summed E-state index contributed by atoms with van der Waals surface area (Å²) < 4.78 is 52.5. The van der Waals surface area contributed by atoms with Gasteiger partial charge in [0.25, 0.3) is 8.53 Å². The Morgan fingerprint density at radius 3 is 1.81 bits per heavy atom. The lowest BCUT2D eigenvalue weighted by molar-refractivity contribution is -0.270. The first-order chi connectivity index (χ1) is 28.5. The van der Waals surface area contributed by atoms with Crippen LogP contribution in [0.2, 0.25) is 0 Å². The van der Waals surface area contributed by atoms with E-state index in [0.29, 0.717) is 5.56 Å². The van der Waals surface area contributed by atoms with Gasteiger partial charge in [-0.15, -0.1) is 0 Å². The lowest BCUT2D eigenvalue weighted by Crippen LogP contribution is -2.53. The van der Waals surface area contributed by atoms with E-state index in [1.807, 2.05) is 98.8 Å². The molecule has 0 bridgehead atoms. The highest BCUT2D eigenvalue weighted by atomic mass is 31.2. The van der Waals surface area contributed by atoms with Crippen LogP contribution in [-0.2, 0) is 33.6 Å². The molecule has 0 aromatic heterocycles. The van der Waals surface area contributed by atoms with Gasteiger partial charge in [0.1, 0.15) is 35.9 Å². The lowest BCUT2D eigenvalue weighted by atomic mass is 9.80. The van der Waals surface area contributed by atoms with Crippen molar-refractivity contribution in [1.82, 2.24) is 4.67 Å². The molecule has 11 nitrogen and oxygen atoms in total. The van der Waals surface area contributed by atoms with E-state index in [-0.39, 0.29) is 56.9 Å². The van der Waals surface area contributed by atoms with Gasteiger partial charge in [0, 0.05) is 23.9 Å². The summed E-state index contributed by atoms with van der Waals surface area (Å²) in [6, 6.07) is 35.1. The third kappa shape index (κ3) is 11.5. The van der Waals surface area contributed by atoms with Crippen LogP contribution in [0.3, 0.4) is 0 Å². The van der Waals surface area contributed by atoms with E-state index in [1.165, 1.54) is 0 Å². The minimum Gasteiger partial charge on any atom is -0.497 e. The molecule has 0 N–H and O–H groups in total. The minimum absolute atomic E-state index is 0.0753. The summed E-state index contributed by atoms with van der Waals surface area (Å²) in [7, 11) is 1.73. The van der Waals surface area contributed by atoms with Crippen molar-refractivity contribution in [1.29, 1.82) is 0 Å². The lowest BCUT2D eigenvalue weighted by Gasteiger charge is -2.44. The number of carbonyl (C=O) groups is 1. The Hall–Kier alpha value is -4.37. The van der Waals surface area contributed by atoms with Gasteiger partial charge in [-0.1, -0.05) is 86.6 Å². The number of ether oxygens (including phenoxy) is 6. The number of hydrogen-bond acceptors (Lipinski definition) is 10. The van der Waals surface area contributed by atoms with Gasteiger partial charge in [0.05, 0.1) is 39.6 Å². The maximum absolute atomic E-state index is 13.5. The molecule has 6 atom stereocenters. The van der Waals surface area contributed by atoms with Crippen LogP contribution in [-0.4, -0.2) is 88.4 Å². The van der Waals surface area contributed by atoms with Crippen molar-refractivity contribution in [2.24, 2.45) is 11.8 Å². The quantitative estimate of drug-likeness (QED) is 0.0266. The highest BCUT2D eigenvalue weighted by Crippen LogP contribution is 2.47. The van der Waals surface area contributed by atoms with E-state index in [2.05, 4.69) is 49.3 Å². The molecule has 0 radical (unpaired) electrons. The van der Waals surface area contributed by atoms with Crippen molar-refractivity contribution >= 4 is 14.5 Å². The Balaban J connectivity index is 1.40. The smallest absolute Gasteiger partial charge is 0.338 e. The summed E-state index contributed by atoms with van der Waals surface area (Å²) in [5.74, 6) is 0.703. The van der Waals surface area contributed by atoms with Crippen LogP contribution in [0.1, 0.15) is 68.6 Å². The van der Waals surface area contributed by atoms with Gasteiger partial charge in [0.2, 0.25) is 6.54 Å². The van der Waals surface area contributed by atoms with E-state index in [0.717, 1.165) is 28.2 Å². The number of carbonyl (C=O) groups excluding carboxylic acids is 1. The van der Waals surface area contributed by atoms with Gasteiger partial charge >= 0.3 is 5.97 Å². The molecule has 12 heteroatoms. The summed E-state index contributed by atoms with van der Waals surface area (Å²) in [6.45, 7) is 20.7. The second-order valence-electron chi connectivity index (χ2n) is 15.0. The summed E-state index contributed by atoms with van der Waals surface area (Å²) in [6.07, 6.45) is -1.99. The summed E-state index contributed by atoms with van der Waals surface area (Å²) >= 11 is 0. The first-order valence-electron chi connectivity index (χ1n) is 20.2. The first-order valence-corrected chi connectivity index (χ1v) is 21.4. The molecule has 316 valence electrons. The van der Waals surface area contributed by atoms with Crippen LogP contribution < -0.4 is 9.47 Å². The molecule has 1 heterocycles. The van der Waals surface area contributed by atoms with Crippen molar-refractivity contribution < 1.29 is 42.3 Å². The maximum atomic E-state index is 13.5. The molecule has 0 aliphatic carbocycles. The van der Waals surface area contributed by atoms with Crippen LogP contribution >= 0.6 is 8.53 Å². The normalized spacial score (nSPS) is 20.0. The molecule has 1 fully saturated rings. The predicted molar refractivity (Wildman–Crippen MR) is 229 cm³/mol. The fraction of sp³-hybridized carbons (Fsp3) is 0.447. The van der Waals surface area contributed by atoms with Gasteiger partial charge in [-0.25, -0.2) is 16.0 Å². The number of nitrogens with zero attached hydrogens (tertiary/aromatic N) is 2. The molecule has 0 spiro atoms. The molecule has 1 aliphatic heterocycles. The fourth-order valence-corrected chi connectivity index (χ4v) is 9.02. The van der Waals surface area contributed by atoms with Gasteiger partial charge in [0.15, 0.2) is 6.29 Å². The molecule has 0 amide bonds. The van der Waals surface area contributed by atoms with Crippen LogP contribution in [0, 0.1) is 18.4 Å². The van der Waals surface area contributed by atoms with Crippen molar-refractivity contribution in [2.45, 2.75) is 77.7 Å². The van der Waals surface area contributed by atoms with E-state index < -0.39 is 38.6 Å². The molecule has 0 saturated carbocycles. The maximum Gasteiger partial charge on any atom is 0.338 e. The molecule has 1 saturated heterocycles. The van der Waals surface area contributed by atoms with E-state index in [4.69, 9.17) is 44.0 Å². The molecule has 6 unspecified atom stereocenters. The van der Waals surface area contributed by atoms with E-state index in [9.17, 15) is 4.79 Å². The molecular weight excluding hydrogens is 767 g/mol. The van der Waals surface area contributed by atoms with E-state index >= 15 is 0 Å². The van der Waals surface area contributed by atoms with Gasteiger partial charge in [-0.2, -0.15) is 0 Å². The highest BCUT2D eigenvalue weighted by molar-refractivity contribution is 7.44. The second-order valence-corrected chi connectivity index (χ2v) is 16.5. The van der Waals surface area contributed by atoms with Gasteiger partial charge in [-0.05, 0) is 80.8 Å². The SMILES string of the molecule is [C-]#[N+]CCOP(OCC1OC(OCCOC(c2ccccc2)(c2ccc(OC)cc2)c2ccc(OC)cc2)C(C)C(C)C1OC(=O)c1ccccc1)N(C(C)C)C(C)C. The summed E-state index contributed by atoms with van der Waals surface area (Å²) in [4.78, 5) is 16.9. The molecule has 59 heavy (non-hydrogen) atoms. The monoisotopic (exact) mass is 826 g/mol. The van der Waals surface area contributed by atoms with Crippen molar-refractivity contribution in [3.63, 3.8) is 0 Å². The molecule has 4 aromatic carbocycles. The molecule has 1 aliphatic rings. The Kier molecular flexibility index (Phi) is 17.3. The van der Waals surface area contributed by atoms with Gasteiger partial charge < -0.3 is 42.3 Å². The van der Waals surface area contributed by atoms with Crippen molar-refractivity contribution in [2.75, 3.05) is 47.2 Å². The number of benzene rings is 4. The number of hydrogen-bond donors (Lipinski definition) is 0. The largest absolute Gasteiger partial charge is 0.497 e. The van der Waals surface area contributed by atoms with Crippen LogP contribution in [0.4, 0.5) is 0 Å². The van der Waals surface area contributed by atoms with Crippen molar-refractivity contribution in [3.05, 3.63) is 143 Å². The zero-order chi connectivity index (χ0) is 42.4. The predicted octanol–water partition coefficient (Wildman–Crippen LogP) is 9.55.